The summed E-state index contributed by atoms with van der Waals surface area (Å²) >= 11 is 0. The number of carbonyl (C=O) groups excluding carboxylic acids is 2. The van der Waals surface area contributed by atoms with E-state index < -0.39 is 10.0 Å². The Hall–Kier alpha value is -3.20. The van der Waals surface area contributed by atoms with Gasteiger partial charge in [0.1, 0.15) is 0 Å². The number of nitrogens with two attached hydrogens (primary N) is 1. The maximum atomic E-state index is 13.0. The van der Waals surface area contributed by atoms with Gasteiger partial charge in [-0.3, -0.25) is 14.5 Å². The fourth-order valence-electron chi connectivity index (χ4n) is 3.35. The van der Waals surface area contributed by atoms with Gasteiger partial charge in [-0.1, -0.05) is 30.3 Å². The number of hydrogen-bond donors (Lipinski definition) is 1. The molecule has 0 aliphatic carbocycles. The Morgan fingerprint density at radius 2 is 1.54 bits per heavy atom. The van der Waals surface area contributed by atoms with Crippen LogP contribution >= 0.6 is 0 Å². The zero-order valence-electron chi connectivity index (χ0n) is 14.9. The van der Waals surface area contributed by atoms with Crippen molar-refractivity contribution in [3.8, 4) is 0 Å². The minimum absolute atomic E-state index is 0.0159. The highest BCUT2D eigenvalue weighted by atomic mass is 32.2. The van der Waals surface area contributed by atoms with Gasteiger partial charge >= 0.3 is 0 Å². The van der Waals surface area contributed by atoms with Gasteiger partial charge in [-0.2, -0.15) is 0 Å². The molecule has 0 aromatic heterocycles. The maximum Gasteiger partial charge on any atom is 0.266 e. The van der Waals surface area contributed by atoms with Crippen LogP contribution in [-0.2, 0) is 19.6 Å². The van der Waals surface area contributed by atoms with Crippen LogP contribution in [0.25, 0.3) is 0 Å². The highest BCUT2D eigenvalue weighted by molar-refractivity contribution is 7.89. The number of benzene rings is 2. The summed E-state index contributed by atoms with van der Waals surface area (Å²) in [5.41, 5.74) is 7.13. The molecule has 2 aliphatic heterocycles. The van der Waals surface area contributed by atoms with E-state index in [4.69, 9.17) is 5.73 Å². The van der Waals surface area contributed by atoms with Crippen LogP contribution in [-0.4, -0.2) is 37.0 Å². The van der Waals surface area contributed by atoms with Crippen molar-refractivity contribution in [2.75, 3.05) is 11.4 Å². The Morgan fingerprint density at radius 3 is 2.14 bits per heavy atom. The van der Waals surface area contributed by atoms with E-state index in [0.29, 0.717) is 5.69 Å². The molecule has 2 N–H and O–H groups in total. The molecule has 2 heterocycles. The number of carbonyl (C=O) groups is 2. The fourth-order valence-corrected chi connectivity index (χ4v) is 4.72. The molecule has 1 atom stereocenters. The van der Waals surface area contributed by atoms with E-state index in [-0.39, 0.29) is 48.1 Å². The lowest BCUT2D eigenvalue weighted by Gasteiger charge is -2.20. The zero-order valence-corrected chi connectivity index (χ0v) is 15.7. The highest BCUT2D eigenvalue weighted by Crippen LogP contribution is 2.29. The van der Waals surface area contributed by atoms with E-state index in [1.54, 1.807) is 0 Å². The molecule has 1 fully saturated rings. The second kappa shape index (κ2) is 6.75. The summed E-state index contributed by atoms with van der Waals surface area (Å²) in [7, 11) is -3.91. The van der Waals surface area contributed by atoms with Gasteiger partial charge in [-0.05, 0) is 29.8 Å². The van der Waals surface area contributed by atoms with Gasteiger partial charge in [0.25, 0.3) is 10.0 Å². The van der Waals surface area contributed by atoms with Gasteiger partial charge in [-0.15, -0.1) is 0 Å². The Balaban J connectivity index is 1.58. The molecule has 4 rings (SSSR count). The molecular weight excluding hydrogens is 380 g/mol. The van der Waals surface area contributed by atoms with Crippen LogP contribution in [0.3, 0.4) is 0 Å². The van der Waals surface area contributed by atoms with Crippen molar-refractivity contribution in [1.29, 1.82) is 0 Å². The summed E-state index contributed by atoms with van der Waals surface area (Å²) in [4.78, 5) is 29.0. The van der Waals surface area contributed by atoms with E-state index in [2.05, 4.69) is 4.99 Å². The number of hydrogen-bond acceptors (Lipinski definition) is 6. The topological polar surface area (TPSA) is 113 Å². The van der Waals surface area contributed by atoms with Gasteiger partial charge in [0.05, 0.1) is 23.2 Å². The van der Waals surface area contributed by atoms with E-state index in [0.717, 1.165) is 14.8 Å². The molecule has 2 aliphatic rings. The first kappa shape index (κ1) is 18.2. The standard InChI is InChI=1S/C19H18N4O4S/c20-19-21-16(13-4-2-1-3-5-13)12-22(19)28(26,27)15-8-6-14(7-9-15)23-17(24)10-11-18(23)25/h1-9,16H,10-12H2,(H2,20,21)/t16-/m1/s1. The second-order valence-corrected chi connectivity index (χ2v) is 8.43. The smallest absolute Gasteiger partial charge is 0.266 e. The SMILES string of the molecule is NC1=N[C@@H](c2ccccc2)CN1S(=O)(=O)c1ccc(N2C(=O)CCC2=O)cc1. The minimum atomic E-state index is -3.91. The summed E-state index contributed by atoms with van der Waals surface area (Å²) in [5, 5.41) is 0. The van der Waals surface area contributed by atoms with Crippen LogP contribution in [0, 0.1) is 0 Å². The highest BCUT2D eigenvalue weighted by Gasteiger charge is 2.35. The lowest BCUT2D eigenvalue weighted by molar-refractivity contribution is -0.121. The number of aliphatic imine (C=N–C) groups is 1. The summed E-state index contributed by atoms with van der Waals surface area (Å²) in [6.45, 7) is 0.114. The van der Waals surface area contributed by atoms with Gasteiger partial charge in [-0.25, -0.2) is 17.7 Å². The van der Waals surface area contributed by atoms with Gasteiger partial charge in [0, 0.05) is 12.8 Å². The summed E-state index contributed by atoms with van der Waals surface area (Å²) < 4.78 is 27.1. The largest absolute Gasteiger partial charge is 0.369 e. The molecule has 144 valence electrons. The van der Waals surface area contributed by atoms with Gasteiger partial charge in [0.2, 0.25) is 17.8 Å². The predicted molar refractivity (Wildman–Crippen MR) is 103 cm³/mol. The summed E-state index contributed by atoms with van der Waals surface area (Å²) in [6.07, 6.45) is 0.334. The average Bonchev–Trinajstić information content (AvgIpc) is 3.25. The van der Waals surface area contributed by atoms with Crippen molar-refractivity contribution >= 4 is 33.5 Å². The summed E-state index contributed by atoms with van der Waals surface area (Å²) in [6, 6.07) is 14.6. The fraction of sp³-hybridized carbons (Fsp3) is 0.211. The van der Waals surface area contributed by atoms with Gasteiger partial charge in [0.15, 0.2) is 0 Å². The first-order valence-corrected chi connectivity index (χ1v) is 10.2. The van der Waals surface area contributed by atoms with Crippen molar-refractivity contribution in [3.63, 3.8) is 0 Å². The molecule has 9 heteroatoms. The summed E-state index contributed by atoms with van der Waals surface area (Å²) in [5.74, 6) is -0.646. The Kier molecular flexibility index (Phi) is 4.38. The second-order valence-electron chi connectivity index (χ2n) is 6.57. The van der Waals surface area contributed by atoms with Crippen molar-refractivity contribution in [3.05, 3.63) is 60.2 Å². The Bertz CT molecular complexity index is 1050. The van der Waals surface area contributed by atoms with E-state index in [1.807, 2.05) is 30.3 Å². The molecule has 0 saturated carbocycles. The van der Waals surface area contributed by atoms with E-state index in [9.17, 15) is 18.0 Å². The van der Waals surface area contributed by atoms with Crippen LogP contribution in [0.5, 0.6) is 0 Å². The molecule has 1 saturated heterocycles. The minimum Gasteiger partial charge on any atom is -0.369 e. The number of imide groups is 1. The Morgan fingerprint density at radius 1 is 0.929 bits per heavy atom. The van der Waals surface area contributed by atoms with Gasteiger partial charge < -0.3 is 5.73 Å². The Labute approximate surface area is 162 Å². The quantitative estimate of drug-likeness (QED) is 0.782. The molecule has 0 bridgehead atoms. The van der Waals surface area contributed by atoms with Crippen molar-refractivity contribution < 1.29 is 18.0 Å². The first-order chi connectivity index (χ1) is 13.4. The van der Waals surface area contributed by atoms with Crippen molar-refractivity contribution in [2.45, 2.75) is 23.8 Å². The third kappa shape index (κ3) is 3.03. The first-order valence-electron chi connectivity index (χ1n) is 8.75. The molecule has 2 aromatic carbocycles. The third-order valence-corrected chi connectivity index (χ3v) is 6.59. The molecule has 0 unspecified atom stereocenters. The number of nitrogens with zero attached hydrogens (tertiary/aromatic N) is 3. The van der Waals surface area contributed by atoms with E-state index >= 15 is 0 Å². The number of anilines is 1. The molecule has 0 spiro atoms. The zero-order chi connectivity index (χ0) is 19.9. The number of sulfonamides is 1. The number of rotatable bonds is 4. The molecule has 28 heavy (non-hydrogen) atoms. The van der Waals surface area contributed by atoms with Crippen LogP contribution in [0.2, 0.25) is 0 Å². The number of amides is 2. The van der Waals surface area contributed by atoms with E-state index in [1.165, 1.54) is 24.3 Å². The van der Waals surface area contributed by atoms with Crippen LogP contribution in [0.4, 0.5) is 5.69 Å². The van der Waals surface area contributed by atoms with Crippen molar-refractivity contribution in [1.82, 2.24) is 4.31 Å². The monoisotopic (exact) mass is 398 g/mol. The number of guanidine groups is 1. The molecule has 0 radical (unpaired) electrons. The lowest BCUT2D eigenvalue weighted by Crippen LogP contribution is -2.39. The molecular formula is C19H18N4O4S. The normalized spacial score (nSPS) is 20.0. The average molecular weight is 398 g/mol. The lowest BCUT2D eigenvalue weighted by atomic mass is 10.1. The molecule has 2 aromatic rings. The third-order valence-electron chi connectivity index (χ3n) is 4.80. The van der Waals surface area contributed by atoms with Crippen LogP contribution in [0.15, 0.2) is 64.5 Å². The predicted octanol–water partition coefficient (Wildman–Crippen LogP) is 1.40. The van der Waals surface area contributed by atoms with Crippen molar-refractivity contribution in [2.24, 2.45) is 10.7 Å². The van der Waals surface area contributed by atoms with Crippen LogP contribution < -0.4 is 10.6 Å². The molecule has 2 amide bonds. The molecule has 8 nitrogen and oxygen atoms in total. The van der Waals surface area contributed by atoms with Crippen LogP contribution in [0.1, 0.15) is 24.4 Å². The maximum absolute atomic E-state index is 13.0.